The minimum atomic E-state index is -4.17. The molecule has 12 aromatic carbocycles. The van der Waals surface area contributed by atoms with Crippen molar-refractivity contribution >= 4 is 89.2 Å². The molecule has 0 bridgehead atoms. The van der Waals surface area contributed by atoms with E-state index in [0.29, 0.717) is 34.5 Å². The zero-order valence-electron chi connectivity index (χ0n) is 38.4. The Hall–Kier alpha value is -7.99. The van der Waals surface area contributed by atoms with Crippen LogP contribution in [0, 0.1) is 0 Å². The second kappa shape index (κ2) is 19.0. The quantitative estimate of drug-likeness (QED) is 0.112. The number of benzene rings is 12. The standard InChI is InChI=1S/C60H42N3O6P3/c1-7-31-49-43(19-1)25-13-37-55(49)64-62-70(66-57-39-15-27-45-21-3-9-33-51(45)57)61-72(68-59-41-17-29-47-23-5-11-35-53(47)59,69-60-42-18-30-48-24-6-12-36-54(48)60)63(65-56-38-14-26-44-20-2-8-32-50(44)56)71(62)67-58-40-16-28-46-22-4-10-34-52(46)58/h1-42H. The van der Waals surface area contributed by atoms with Crippen LogP contribution in [0.3, 0.4) is 0 Å². The number of hydrogen-bond donors (Lipinski definition) is 0. The Balaban J connectivity index is 1.14. The average Bonchev–Trinajstić information content (AvgIpc) is 3.43. The van der Waals surface area contributed by atoms with Gasteiger partial charge in [0, 0.05) is 41.5 Å². The minimum Gasteiger partial charge on any atom is -0.440 e. The van der Waals surface area contributed by atoms with Crippen molar-refractivity contribution in [2.24, 2.45) is 4.52 Å². The molecular formula is C60H42N3O6P3. The summed E-state index contributed by atoms with van der Waals surface area (Å²) in [5.41, 5.74) is 0. The lowest BCUT2D eigenvalue weighted by Gasteiger charge is -2.44. The number of rotatable bonds is 12. The average molecular weight is 994 g/mol. The van der Waals surface area contributed by atoms with Crippen molar-refractivity contribution in [2.75, 3.05) is 0 Å². The molecule has 0 amide bonds. The first-order valence-electron chi connectivity index (χ1n) is 23.4. The fraction of sp³-hybridized carbons (Fsp3) is 0. The molecule has 1 aliphatic heterocycles. The Kier molecular flexibility index (Phi) is 11.6. The monoisotopic (exact) mass is 993 g/mol. The predicted octanol–water partition coefficient (Wildman–Crippen LogP) is 18.2. The van der Waals surface area contributed by atoms with Gasteiger partial charge in [0.25, 0.3) is 0 Å². The Morgan fingerprint density at radius 2 is 0.583 bits per heavy atom. The summed E-state index contributed by atoms with van der Waals surface area (Å²) < 4.78 is 39.7. The van der Waals surface area contributed by atoms with Crippen molar-refractivity contribution in [1.29, 1.82) is 0 Å². The van der Waals surface area contributed by atoms with Crippen molar-refractivity contribution < 1.29 is 27.8 Å². The van der Waals surface area contributed by atoms with Gasteiger partial charge in [0.2, 0.25) is 0 Å². The molecule has 348 valence electrons. The minimum absolute atomic E-state index is 0.524. The molecule has 0 N–H and O–H groups in total. The van der Waals surface area contributed by atoms with Crippen LogP contribution < -0.4 is 27.8 Å². The molecule has 72 heavy (non-hydrogen) atoms. The first-order chi connectivity index (χ1) is 35.6. The molecule has 9 nitrogen and oxygen atoms in total. The molecule has 1 aliphatic rings. The summed E-state index contributed by atoms with van der Waals surface area (Å²) in [6, 6.07) is 84.8. The van der Waals surface area contributed by atoms with Gasteiger partial charge in [-0.15, -0.1) is 4.52 Å². The van der Waals surface area contributed by atoms with Crippen LogP contribution in [0.2, 0.25) is 0 Å². The Bertz CT molecular complexity index is 3950. The molecular weight excluding hydrogens is 952 g/mol. The summed E-state index contributed by atoms with van der Waals surface area (Å²) in [4.78, 5) is 14.9. The second-order valence-corrected chi connectivity index (χ2v) is 22.5. The highest BCUT2D eigenvalue weighted by Gasteiger charge is 2.58. The molecule has 0 spiro atoms. The SMILES string of the molecule is c1ccc2c(ON3P(Oc4cccc5ccccc45)N=P(Oc4cccc5ccccc45)(Oc4cccc5ccccc45)N(Oc4cccc5ccccc45)P3Oc3cccc4ccccc34)cccc2c1. The van der Waals surface area contributed by atoms with Gasteiger partial charge in [0.1, 0.15) is 23.0 Å². The van der Waals surface area contributed by atoms with Crippen molar-refractivity contribution in [3.63, 3.8) is 0 Å². The first kappa shape index (κ1) is 44.0. The topological polar surface area (TPSA) is 74.2 Å². The maximum Gasteiger partial charge on any atom is 0.447 e. The number of nitrogens with zero attached hydrogens (tertiary/aromatic N) is 3. The molecule has 0 fully saturated rings. The molecule has 0 saturated heterocycles. The van der Waals surface area contributed by atoms with Crippen LogP contribution in [0.5, 0.6) is 34.5 Å². The number of hydrogen-bond acceptors (Lipinski definition) is 9. The van der Waals surface area contributed by atoms with E-state index >= 15 is 0 Å². The van der Waals surface area contributed by atoms with Crippen LogP contribution >= 0.6 is 24.6 Å². The molecule has 0 aliphatic carbocycles. The normalized spacial score (nSPS) is 15.9. The van der Waals surface area contributed by atoms with Gasteiger partial charge in [0.15, 0.2) is 11.5 Å². The first-order valence-corrected chi connectivity index (χ1v) is 27.3. The molecule has 0 radical (unpaired) electrons. The van der Waals surface area contributed by atoms with E-state index < -0.39 is 24.6 Å². The summed E-state index contributed by atoms with van der Waals surface area (Å²) in [6.45, 7) is 0. The zero-order valence-corrected chi connectivity index (χ0v) is 41.1. The highest BCUT2D eigenvalue weighted by molar-refractivity contribution is 7.78. The second-order valence-electron chi connectivity index (χ2n) is 17.0. The fourth-order valence-corrected chi connectivity index (χ4v) is 16.6. The Morgan fingerprint density at radius 3 is 0.986 bits per heavy atom. The largest absolute Gasteiger partial charge is 0.447 e. The Labute approximate surface area is 418 Å². The summed E-state index contributed by atoms with van der Waals surface area (Å²) in [5.74, 6) is 3.31. The highest BCUT2D eigenvalue weighted by atomic mass is 31.3. The van der Waals surface area contributed by atoms with Gasteiger partial charge in [0.05, 0.1) is 0 Å². The van der Waals surface area contributed by atoms with Crippen LogP contribution in [0.25, 0.3) is 64.6 Å². The van der Waals surface area contributed by atoms with Gasteiger partial charge in [-0.2, -0.15) is 0 Å². The molecule has 0 aromatic heterocycles. The van der Waals surface area contributed by atoms with Gasteiger partial charge in [-0.3, -0.25) is 0 Å². The predicted molar refractivity (Wildman–Crippen MR) is 294 cm³/mol. The van der Waals surface area contributed by atoms with Crippen LogP contribution in [0.4, 0.5) is 0 Å². The van der Waals surface area contributed by atoms with E-state index in [4.69, 9.17) is 32.3 Å². The molecule has 1 heterocycles. The molecule has 2 unspecified atom stereocenters. The molecule has 13 rings (SSSR count). The van der Waals surface area contributed by atoms with E-state index in [2.05, 4.69) is 78.9 Å². The lowest BCUT2D eigenvalue weighted by atomic mass is 10.1. The highest BCUT2D eigenvalue weighted by Crippen LogP contribution is 2.78. The van der Waals surface area contributed by atoms with Gasteiger partial charge < -0.3 is 27.8 Å². The zero-order chi connectivity index (χ0) is 47.8. The maximum absolute atomic E-state index is 7.70. The third kappa shape index (κ3) is 8.28. The van der Waals surface area contributed by atoms with Crippen LogP contribution in [-0.4, -0.2) is 9.21 Å². The van der Waals surface area contributed by atoms with Gasteiger partial charge in [-0.25, -0.2) is 0 Å². The van der Waals surface area contributed by atoms with Crippen LogP contribution in [0.1, 0.15) is 0 Å². The van der Waals surface area contributed by atoms with E-state index in [1.807, 2.05) is 176 Å². The van der Waals surface area contributed by atoms with Crippen molar-refractivity contribution in [2.45, 2.75) is 0 Å². The molecule has 12 heteroatoms. The van der Waals surface area contributed by atoms with Gasteiger partial charge >= 0.3 is 24.6 Å². The third-order valence-corrected chi connectivity index (χ3v) is 19.3. The summed E-state index contributed by atoms with van der Waals surface area (Å²) in [6.07, 6.45) is 0. The maximum atomic E-state index is 7.70. The molecule has 12 aromatic rings. The third-order valence-electron chi connectivity index (χ3n) is 12.5. The van der Waals surface area contributed by atoms with Crippen LogP contribution in [-0.2, 0) is 0 Å². The molecule has 0 saturated carbocycles. The summed E-state index contributed by atoms with van der Waals surface area (Å²) in [5, 5.41) is 11.1. The van der Waals surface area contributed by atoms with Gasteiger partial charge in [-0.1, -0.05) is 218 Å². The lowest BCUT2D eigenvalue weighted by Crippen LogP contribution is -2.37. The summed E-state index contributed by atoms with van der Waals surface area (Å²) >= 11 is 0. The Morgan fingerprint density at radius 1 is 0.292 bits per heavy atom. The van der Waals surface area contributed by atoms with Crippen molar-refractivity contribution in [3.05, 3.63) is 255 Å². The van der Waals surface area contributed by atoms with Gasteiger partial charge in [-0.05, 0) is 68.7 Å². The lowest BCUT2D eigenvalue weighted by molar-refractivity contribution is 0.0568. The van der Waals surface area contributed by atoms with E-state index in [0.717, 1.165) is 64.6 Å². The van der Waals surface area contributed by atoms with E-state index in [1.165, 1.54) is 0 Å². The van der Waals surface area contributed by atoms with E-state index in [1.54, 1.807) is 9.21 Å². The van der Waals surface area contributed by atoms with Crippen molar-refractivity contribution in [1.82, 2.24) is 9.21 Å². The summed E-state index contributed by atoms with van der Waals surface area (Å²) in [7, 11) is -8.92. The van der Waals surface area contributed by atoms with E-state index in [9.17, 15) is 0 Å². The number of fused-ring (bicyclic) bond motifs is 6. The van der Waals surface area contributed by atoms with Crippen molar-refractivity contribution in [3.8, 4) is 34.5 Å². The van der Waals surface area contributed by atoms with E-state index in [-0.39, 0.29) is 0 Å². The molecule has 2 atom stereocenters. The van der Waals surface area contributed by atoms with Crippen LogP contribution in [0.15, 0.2) is 259 Å². The smallest absolute Gasteiger partial charge is 0.440 e. The fourth-order valence-electron chi connectivity index (χ4n) is 9.06.